The molecule has 6 heteroatoms. The van der Waals surface area contributed by atoms with Crippen LogP contribution < -0.4 is 10.1 Å². The smallest absolute Gasteiger partial charge is 0.266 e. The normalized spacial score (nSPS) is 11.0. The van der Waals surface area contributed by atoms with Crippen molar-refractivity contribution in [1.29, 1.82) is 5.26 Å². The number of methoxy groups -OCH3 is 1. The minimum absolute atomic E-state index is 0.0341. The Labute approximate surface area is 163 Å². The fraction of sp³-hybridized carbons (Fsp3) is 0.136. The van der Waals surface area contributed by atoms with Gasteiger partial charge in [0.05, 0.1) is 7.11 Å². The van der Waals surface area contributed by atoms with Gasteiger partial charge in [-0.3, -0.25) is 9.78 Å². The van der Waals surface area contributed by atoms with Crippen molar-refractivity contribution in [2.24, 2.45) is 0 Å². The van der Waals surface area contributed by atoms with Gasteiger partial charge in [-0.1, -0.05) is 0 Å². The van der Waals surface area contributed by atoms with Crippen LogP contribution in [0.2, 0.25) is 0 Å². The molecule has 3 rings (SSSR count). The van der Waals surface area contributed by atoms with E-state index >= 15 is 0 Å². The van der Waals surface area contributed by atoms with Gasteiger partial charge < -0.3 is 14.6 Å². The molecule has 1 N–H and O–H groups in total. The summed E-state index contributed by atoms with van der Waals surface area (Å²) in [7, 11) is 1.63. The van der Waals surface area contributed by atoms with Crippen LogP contribution in [-0.4, -0.2) is 22.6 Å². The van der Waals surface area contributed by atoms with E-state index < -0.39 is 5.91 Å². The largest absolute Gasteiger partial charge is 0.497 e. The standard InChI is InChI=1S/C22H20N4O2/c1-15-12-17(16(2)26(15)20-4-6-21(28-3)7-5-20)13-18(14-23)22(27)25-19-8-10-24-11-9-19/h4-13H,1-3H3,(H,24,25,27)/b18-13+. The number of aryl methyl sites for hydroxylation is 1. The monoisotopic (exact) mass is 372 g/mol. The number of hydrogen-bond donors (Lipinski definition) is 1. The van der Waals surface area contributed by atoms with Crippen LogP contribution in [0.5, 0.6) is 5.75 Å². The van der Waals surface area contributed by atoms with E-state index in [9.17, 15) is 10.1 Å². The first-order chi connectivity index (χ1) is 13.5. The first-order valence-electron chi connectivity index (χ1n) is 8.70. The van der Waals surface area contributed by atoms with Gasteiger partial charge >= 0.3 is 0 Å². The SMILES string of the molecule is COc1ccc(-n2c(C)cc(/C=C(\C#N)C(=O)Nc3ccncc3)c2C)cc1. The molecule has 0 atom stereocenters. The average Bonchev–Trinajstić information content (AvgIpc) is 3.00. The second-order valence-corrected chi connectivity index (χ2v) is 6.22. The van der Waals surface area contributed by atoms with Crippen molar-refractivity contribution in [1.82, 2.24) is 9.55 Å². The van der Waals surface area contributed by atoms with Crippen molar-refractivity contribution in [3.8, 4) is 17.5 Å². The van der Waals surface area contributed by atoms with E-state index in [0.717, 1.165) is 28.4 Å². The minimum Gasteiger partial charge on any atom is -0.497 e. The fourth-order valence-corrected chi connectivity index (χ4v) is 3.00. The van der Waals surface area contributed by atoms with Gasteiger partial charge in [0.2, 0.25) is 0 Å². The Kier molecular flexibility index (Phi) is 5.56. The van der Waals surface area contributed by atoms with E-state index in [1.807, 2.05) is 50.2 Å². The summed E-state index contributed by atoms with van der Waals surface area (Å²) in [5.41, 5.74) is 4.36. The molecule has 0 aliphatic heterocycles. The maximum absolute atomic E-state index is 12.4. The molecule has 28 heavy (non-hydrogen) atoms. The molecule has 140 valence electrons. The van der Waals surface area contributed by atoms with Crippen molar-refractivity contribution in [3.63, 3.8) is 0 Å². The number of amides is 1. The molecular weight excluding hydrogens is 352 g/mol. The summed E-state index contributed by atoms with van der Waals surface area (Å²) in [6.07, 6.45) is 4.76. The number of nitrogens with one attached hydrogen (secondary N) is 1. The molecule has 0 aliphatic carbocycles. The van der Waals surface area contributed by atoms with Gasteiger partial charge in [0.1, 0.15) is 17.4 Å². The number of nitrogens with zero attached hydrogens (tertiary/aromatic N) is 3. The molecule has 0 radical (unpaired) electrons. The second-order valence-electron chi connectivity index (χ2n) is 6.22. The molecule has 0 aliphatic rings. The van der Waals surface area contributed by atoms with Gasteiger partial charge in [0.25, 0.3) is 5.91 Å². The minimum atomic E-state index is -0.456. The van der Waals surface area contributed by atoms with Gasteiger partial charge in [-0.05, 0) is 68.0 Å². The number of rotatable bonds is 5. The zero-order valence-electron chi connectivity index (χ0n) is 15.9. The predicted octanol–water partition coefficient (Wildman–Crippen LogP) is 4.04. The van der Waals surface area contributed by atoms with E-state index in [1.54, 1.807) is 37.7 Å². The van der Waals surface area contributed by atoms with Crippen LogP contribution in [0.15, 0.2) is 60.4 Å². The van der Waals surface area contributed by atoms with Gasteiger partial charge in [0, 0.05) is 35.2 Å². The van der Waals surface area contributed by atoms with Crippen LogP contribution in [0.1, 0.15) is 17.0 Å². The highest BCUT2D eigenvalue weighted by Gasteiger charge is 2.14. The first kappa shape index (κ1) is 18.9. The summed E-state index contributed by atoms with van der Waals surface area (Å²) in [6.45, 7) is 3.94. The highest BCUT2D eigenvalue weighted by Crippen LogP contribution is 2.24. The van der Waals surface area contributed by atoms with E-state index in [4.69, 9.17) is 4.74 Å². The predicted molar refractivity (Wildman–Crippen MR) is 108 cm³/mol. The first-order valence-corrected chi connectivity index (χ1v) is 8.70. The highest BCUT2D eigenvalue weighted by molar-refractivity contribution is 6.09. The quantitative estimate of drug-likeness (QED) is 0.541. The third-order valence-corrected chi connectivity index (χ3v) is 4.40. The van der Waals surface area contributed by atoms with Gasteiger partial charge in [-0.25, -0.2) is 0 Å². The Morgan fingerprint density at radius 2 is 1.86 bits per heavy atom. The molecule has 2 heterocycles. The van der Waals surface area contributed by atoms with Crippen LogP contribution in [0.4, 0.5) is 5.69 Å². The van der Waals surface area contributed by atoms with E-state index in [1.165, 1.54) is 0 Å². The number of hydrogen-bond acceptors (Lipinski definition) is 4. The number of ether oxygens (including phenoxy) is 1. The summed E-state index contributed by atoms with van der Waals surface area (Å²) in [4.78, 5) is 16.4. The summed E-state index contributed by atoms with van der Waals surface area (Å²) in [5.74, 6) is 0.328. The number of nitriles is 1. The zero-order valence-corrected chi connectivity index (χ0v) is 15.9. The second kappa shape index (κ2) is 8.23. The van der Waals surface area contributed by atoms with Crippen molar-refractivity contribution >= 4 is 17.7 Å². The van der Waals surface area contributed by atoms with Crippen molar-refractivity contribution in [2.75, 3.05) is 12.4 Å². The van der Waals surface area contributed by atoms with Crippen molar-refractivity contribution in [3.05, 3.63) is 77.4 Å². The molecule has 0 fully saturated rings. The number of carbonyl (C=O) groups excluding carboxylic acids is 1. The van der Waals surface area contributed by atoms with Crippen molar-refractivity contribution < 1.29 is 9.53 Å². The third-order valence-electron chi connectivity index (χ3n) is 4.40. The maximum Gasteiger partial charge on any atom is 0.266 e. The molecular formula is C22H20N4O2. The van der Waals surface area contributed by atoms with Crippen LogP contribution in [0.25, 0.3) is 11.8 Å². The Hall–Kier alpha value is -3.85. The fourth-order valence-electron chi connectivity index (χ4n) is 3.00. The number of benzene rings is 1. The summed E-state index contributed by atoms with van der Waals surface area (Å²) >= 11 is 0. The molecule has 0 spiro atoms. The van der Waals surface area contributed by atoms with Crippen LogP contribution in [-0.2, 0) is 4.79 Å². The Morgan fingerprint density at radius 3 is 2.46 bits per heavy atom. The maximum atomic E-state index is 12.4. The lowest BCUT2D eigenvalue weighted by Crippen LogP contribution is -2.13. The molecule has 6 nitrogen and oxygen atoms in total. The molecule has 1 aromatic carbocycles. The lowest BCUT2D eigenvalue weighted by molar-refractivity contribution is -0.112. The Bertz CT molecular complexity index is 1060. The molecule has 1 amide bonds. The lowest BCUT2D eigenvalue weighted by Gasteiger charge is -2.10. The zero-order chi connectivity index (χ0) is 20.1. The van der Waals surface area contributed by atoms with E-state index in [0.29, 0.717) is 5.69 Å². The summed E-state index contributed by atoms with van der Waals surface area (Å²) < 4.78 is 7.28. The summed E-state index contributed by atoms with van der Waals surface area (Å²) in [5, 5.41) is 12.2. The molecule has 0 saturated heterocycles. The van der Waals surface area contributed by atoms with Gasteiger partial charge in [0.15, 0.2) is 0 Å². The number of carbonyl (C=O) groups is 1. The van der Waals surface area contributed by atoms with E-state index in [-0.39, 0.29) is 5.57 Å². The van der Waals surface area contributed by atoms with Crippen LogP contribution in [0.3, 0.4) is 0 Å². The number of aromatic nitrogens is 2. The summed E-state index contributed by atoms with van der Waals surface area (Å²) in [6, 6.07) is 15.0. The number of pyridine rings is 1. The van der Waals surface area contributed by atoms with Crippen LogP contribution in [0, 0.1) is 25.2 Å². The van der Waals surface area contributed by atoms with E-state index in [2.05, 4.69) is 14.9 Å². The van der Waals surface area contributed by atoms with Crippen molar-refractivity contribution in [2.45, 2.75) is 13.8 Å². The highest BCUT2D eigenvalue weighted by atomic mass is 16.5. The van der Waals surface area contributed by atoms with Gasteiger partial charge in [-0.15, -0.1) is 0 Å². The van der Waals surface area contributed by atoms with Gasteiger partial charge in [-0.2, -0.15) is 5.26 Å². The third kappa shape index (κ3) is 3.94. The average molecular weight is 372 g/mol. The lowest BCUT2D eigenvalue weighted by atomic mass is 10.1. The molecule has 0 unspecified atom stereocenters. The molecule has 0 bridgehead atoms. The number of anilines is 1. The molecule has 3 aromatic rings. The molecule has 2 aromatic heterocycles. The molecule has 0 saturated carbocycles. The topological polar surface area (TPSA) is 79.9 Å². The Morgan fingerprint density at radius 1 is 1.18 bits per heavy atom. The Balaban J connectivity index is 1.92. The van der Waals surface area contributed by atoms with Crippen LogP contribution >= 0.6 is 0 Å².